The molecule has 0 spiro atoms. The van der Waals surface area contributed by atoms with Gasteiger partial charge >= 0.3 is 5.97 Å². The molecule has 7 nitrogen and oxygen atoms in total. The number of ether oxygens (including phenoxy) is 2. The fraction of sp³-hybridized carbons (Fsp3) is 0.346. The standard InChI is InChI=1S/C26H30N2O5/c1-6-33-24(31)26(23(30)27-25(2,3)4)21(19-10-8-7-9-11-19)16-22(29)28(26)17-18-12-14-20(32-5)15-13-18/h7-16H,6,17H2,1-5H3,(H,27,30). The lowest BCUT2D eigenvalue weighted by Crippen LogP contribution is -2.65. The number of nitrogens with one attached hydrogen (secondary N) is 1. The summed E-state index contributed by atoms with van der Waals surface area (Å²) >= 11 is 0. The molecule has 0 aromatic heterocycles. The van der Waals surface area contributed by atoms with E-state index in [9.17, 15) is 14.4 Å². The molecule has 0 radical (unpaired) electrons. The quantitative estimate of drug-likeness (QED) is 0.517. The van der Waals surface area contributed by atoms with Crippen molar-refractivity contribution in [3.05, 3.63) is 71.8 Å². The second-order valence-electron chi connectivity index (χ2n) is 8.83. The van der Waals surface area contributed by atoms with Gasteiger partial charge in [0.2, 0.25) is 11.4 Å². The van der Waals surface area contributed by atoms with E-state index in [1.807, 2.05) is 26.8 Å². The van der Waals surface area contributed by atoms with E-state index in [2.05, 4.69) is 5.32 Å². The molecular formula is C26H30N2O5. The molecule has 0 saturated carbocycles. The summed E-state index contributed by atoms with van der Waals surface area (Å²) < 4.78 is 10.6. The van der Waals surface area contributed by atoms with Gasteiger partial charge < -0.3 is 19.7 Å². The molecule has 0 fully saturated rings. The van der Waals surface area contributed by atoms with Crippen LogP contribution in [0.1, 0.15) is 38.8 Å². The Kier molecular flexibility index (Phi) is 6.91. The molecule has 1 atom stereocenters. The zero-order chi connectivity index (χ0) is 24.2. The van der Waals surface area contributed by atoms with Gasteiger partial charge in [0.05, 0.1) is 13.7 Å². The lowest BCUT2D eigenvalue weighted by molar-refractivity contribution is -0.163. The van der Waals surface area contributed by atoms with Crippen LogP contribution in [0.5, 0.6) is 5.75 Å². The third kappa shape index (κ3) is 4.77. The van der Waals surface area contributed by atoms with Crippen LogP contribution in [0.15, 0.2) is 60.7 Å². The molecule has 3 rings (SSSR count). The van der Waals surface area contributed by atoms with Crippen LogP contribution in [0.25, 0.3) is 5.57 Å². The van der Waals surface area contributed by atoms with Gasteiger partial charge in [-0.3, -0.25) is 9.59 Å². The average Bonchev–Trinajstić information content (AvgIpc) is 3.07. The minimum atomic E-state index is -1.97. The van der Waals surface area contributed by atoms with Gasteiger partial charge in [-0.1, -0.05) is 42.5 Å². The van der Waals surface area contributed by atoms with Crippen molar-refractivity contribution in [3.63, 3.8) is 0 Å². The molecule has 0 saturated heterocycles. The number of carbonyl (C=O) groups is 3. The maximum Gasteiger partial charge on any atom is 0.346 e. The molecule has 2 aromatic rings. The van der Waals surface area contributed by atoms with Crippen molar-refractivity contribution < 1.29 is 23.9 Å². The SMILES string of the molecule is CCOC(=O)C1(C(=O)NC(C)(C)C)C(c2ccccc2)=CC(=O)N1Cc1ccc(OC)cc1. The molecule has 0 aliphatic carbocycles. The predicted molar refractivity (Wildman–Crippen MR) is 125 cm³/mol. The predicted octanol–water partition coefficient (Wildman–Crippen LogP) is 3.34. The Morgan fingerprint density at radius 1 is 1.03 bits per heavy atom. The maximum atomic E-state index is 13.9. The summed E-state index contributed by atoms with van der Waals surface area (Å²) in [7, 11) is 1.57. The smallest absolute Gasteiger partial charge is 0.346 e. The summed E-state index contributed by atoms with van der Waals surface area (Å²) in [5.41, 5.74) is -0.983. The van der Waals surface area contributed by atoms with Gasteiger partial charge in [0.15, 0.2) is 0 Å². The molecule has 33 heavy (non-hydrogen) atoms. The highest BCUT2D eigenvalue weighted by atomic mass is 16.5. The van der Waals surface area contributed by atoms with Crippen LogP contribution >= 0.6 is 0 Å². The molecular weight excluding hydrogens is 420 g/mol. The van der Waals surface area contributed by atoms with E-state index in [-0.39, 0.29) is 13.2 Å². The van der Waals surface area contributed by atoms with Crippen molar-refractivity contribution in [1.29, 1.82) is 0 Å². The van der Waals surface area contributed by atoms with Gasteiger partial charge in [-0.25, -0.2) is 4.79 Å². The number of amides is 2. The molecule has 0 bridgehead atoms. The second kappa shape index (κ2) is 9.48. The molecule has 174 valence electrons. The Morgan fingerprint density at radius 3 is 2.21 bits per heavy atom. The Morgan fingerprint density at radius 2 is 1.67 bits per heavy atom. The first kappa shape index (κ1) is 24.0. The van der Waals surface area contributed by atoms with Gasteiger partial charge in [-0.05, 0) is 51.0 Å². The maximum absolute atomic E-state index is 13.9. The summed E-state index contributed by atoms with van der Waals surface area (Å²) in [4.78, 5) is 42.1. The number of hydrogen-bond donors (Lipinski definition) is 1. The van der Waals surface area contributed by atoms with E-state index in [1.54, 1.807) is 62.6 Å². The zero-order valence-electron chi connectivity index (χ0n) is 19.7. The summed E-state index contributed by atoms with van der Waals surface area (Å²) in [5.74, 6) is -1.18. The van der Waals surface area contributed by atoms with Crippen molar-refractivity contribution in [2.24, 2.45) is 0 Å². The van der Waals surface area contributed by atoms with Gasteiger partial charge in [0, 0.05) is 23.7 Å². The highest BCUT2D eigenvalue weighted by molar-refractivity contribution is 6.26. The third-order valence-corrected chi connectivity index (χ3v) is 5.30. The molecule has 1 aliphatic rings. The summed E-state index contributed by atoms with van der Waals surface area (Å²) in [6.45, 7) is 7.23. The van der Waals surface area contributed by atoms with Crippen LogP contribution in [0.4, 0.5) is 0 Å². The Labute approximate surface area is 194 Å². The third-order valence-electron chi connectivity index (χ3n) is 5.30. The van der Waals surface area contributed by atoms with Crippen molar-refractivity contribution in [2.75, 3.05) is 13.7 Å². The van der Waals surface area contributed by atoms with E-state index >= 15 is 0 Å². The summed E-state index contributed by atoms with van der Waals surface area (Å²) in [6, 6.07) is 16.1. The van der Waals surface area contributed by atoms with Gasteiger partial charge in [0.1, 0.15) is 5.75 Å². The molecule has 2 amide bonds. The van der Waals surface area contributed by atoms with Crippen LogP contribution in [-0.4, -0.2) is 47.5 Å². The number of hydrogen-bond acceptors (Lipinski definition) is 5. The number of esters is 1. The molecule has 1 aliphatic heterocycles. The number of carbonyl (C=O) groups excluding carboxylic acids is 3. The fourth-order valence-electron chi connectivity index (χ4n) is 3.86. The van der Waals surface area contributed by atoms with E-state index in [4.69, 9.17) is 9.47 Å². The summed E-state index contributed by atoms with van der Waals surface area (Å²) in [6.07, 6.45) is 1.36. The minimum absolute atomic E-state index is 0.0338. The van der Waals surface area contributed by atoms with E-state index in [0.29, 0.717) is 16.9 Å². The van der Waals surface area contributed by atoms with Gasteiger partial charge in [-0.15, -0.1) is 0 Å². The van der Waals surface area contributed by atoms with Crippen molar-refractivity contribution in [3.8, 4) is 5.75 Å². The van der Waals surface area contributed by atoms with Crippen LogP contribution < -0.4 is 10.1 Å². The number of benzene rings is 2. The molecule has 1 heterocycles. The van der Waals surface area contributed by atoms with Crippen LogP contribution in [0.2, 0.25) is 0 Å². The van der Waals surface area contributed by atoms with E-state index in [1.165, 1.54) is 11.0 Å². The zero-order valence-corrected chi connectivity index (χ0v) is 19.7. The highest BCUT2D eigenvalue weighted by Crippen LogP contribution is 2.41. The van der Waals surface area contributed by atoms with Crippen molar-refractivity contribution in [1.82, 2.24) is 10.2 Å². The number of rotatable bonds is 7. The topological polar surface area (TPSA) is 84.9 Å². The largest absolute Gasteiger partial charge is 0.497 e. The van der Waals surface area contributed by atoms with Crippen LogP contribution in [-0.2, 0) is 25.7 Å². The minimum Gasteiger partial charge on any atom is -0.497 e. The monoisotopic (exact) mass is 450 g/mol. The normalized spacial score (nSPS) is 18.0. The molecule has 7 heteroatoms. The molecule has 1 unspecified atom stereocenters. The highest BCUT2D eigenvalue weighted by Gasteiger charge is 2.61. The number of methoxy groups -OCH3 is 1. The Hall–Kier alpha value is -3.61. The Bertz CT molecular complexity index is 1050. The van der Waals surface area contributed by atoms with Crippen LogP contribution in [0, 0.1) is 0 Å². The van der Waals surface area contributed by atoms with E-state index < -0.39 is 28.9 Å². The lowest BCUT2D eigenvalue weighted by atomic mass is 9.83. The average molecular weight is 451 g/mol. The molecule has 2 aromatic carbocycles. The van der Waals surface area contributed by atoms with Crippen molar-refractivity contribution in [2.45, 2.75) is 45.3 Å². The number of nitrogens with zero attached hydrogens (tertiary/aromatic N) is 1. The van der Waals surface area contributed by atoms with Crippen LogP contribution in [0.3, 0.4) is 0 Å². The lowest BCUT2D eigenvalue weighted by Gasteiger charge is -2.39. The van der Waals surface area contributed by atoms with Crippen molar-refractivity contribution >= 4 is 23.4 Å². The first-order valence-electron chi connectivity index (χ1n) is 10.9. The second-order valence-corrected chi connectivity index (χ2v) is 8.83. The van der Waals surface area contributed by atoms with Gasteiger partial charge in [-0.2, -0.15) is 0 Å². The Balaban J connectivity index is 2.19. The van der Waals surface area contributed by atoms with Gasteiger partial charge in [0.25, 0.3) is 5.91 Å². The summed E-state index contributed by atoms with van der Waals surface area (Å²) in [5, 5.41) is 2.90. The first-order chi connectivity index (χ1) is 15.6. The fourth-order valence-corrected chi connectivity index (χ4v) is 3.86. The first-order valence-corrected chi connectivity index (χ1v) is 10.9. The molecule has 1 N–H and O–H groups in total. The van der Waals surface area contributed by atoms with E-state index in [0.717, 1.165) is 5.56 Å².